The molecule has 2 aromatic rings. The van der Waals surface area contributed by atoms with Crippen molar-refractivity contribution in [2.75, 3.05) is 32.7 Å². The number of nitrogens with two attached hydrogens (primary N) is 1. The first-order chi connectivity index (χ1) is 16.7. The van der Waals surface area contributed by atoms with E-state index in [9.17, 15) is 14.4 Å². The average molecular weight is 505 g/mol. The van der Waals surface area contributed by atoms with Gasteiger partial charge in [-0.2, -0.15) is 0 Å². The lowest BCUT2D eigenvalue weighted by atomic mass is 9.80. The molecule has 10 nitrogen and oxygen atoms in total. The molecule has 0 aliphatic carbocycles. The Balaban J connectivity index is 1.97. The van der Waals surface area contributed by atoms with Gasteiger partial charge < -0.3 is 25.3 Å². The summed E-state index contributed by atoms with van der Waals surface area (Å²) in [6.45, 7) is 3.99. The zero-order valence-electron chi connectivity index (χ0n) is 20.1. The maximum absolute atomic E-state index is 13.2. The fourth-order valence-corrected chi connectivity index (χ4v) is 4.21. The molecular formula is C24H29ClN4O6. The zero-order valence-corrected chi connectivity index (χ0v) is 20.8. The fraction of sp³-hybridized carbons (Fsp3) is 0.375. The van der Waals surface area contributed by atoms with Gasteiger partial charge in [0.05, 0.1) is 56.2 Å². The van der Waals surface area contributed by atoms with Crippen LogP contribution in [0.1, 0.15) is 25.3 Å². The number of carbonyl (C=O) groups excluding carboxylic acids is 2. The molecule has 3 rings (SSSR count). The van der Waals surface area contributed by atoms with Gasteiger partial charge in [-0.1, -0.05) is 29.8 Å². The second kappa shape index (κ2) is 11.3. The van der Waals surface area contributed by atoms with Crippen LogP contribution in [-0.2, 0) is 37.4 Å². The van der Waals surface area contributed by atoms with E-state index in [1.54, 1.807) is 45.2 Å². The summed E-state index contributed by atoms with van der Waals surface area (Å²) in [5.74, 6) is -1.69. The van der Waals surface area contributed by atoms with E-state index >= 15 is 0 Å². The van der Waals surface area contributed by atoms with Crippen molar-refractivity contribution in [3.63, 3.8) is 0 Å². The molecule has 0 saturated heterocycles. The lowest BCUT2D eigenvalue weighted by Crippen LogP contribution is -2.35. The van der Waals surface area contributed by atoms with Crippen molar-refractivity contribution in [2.45, 2.75) is 26.3 Å². The van der Waals surface area contributed by atoms with E-state index in [0.29, 0.717) is 27.8 Å². The Morgan fingerprint density at radius 1 is 1.20 bits per heavy atom. The number of allylic oxidation sites excluding steroid dienone is 1. The van der Waals surface area contributed by atoms with E-state index in [-0.39, 0.29) is 43.2 Å². The molecule has 188 valence electrons. The van der Waals surface area contributed by atoms with Gasteiger partial charge in [0.25, 0.3) is 0 Å². The van der Waals surface area contributed by atoms with Crippen LogP contribution in [0.2, 0.25) is 5.02 Å². The van der Waals surface area contributed by atoms with Gasteiger partial charge in [-0.3, -0.25) is 9.13 Å². The van der Waals surface area contributed by atoms with Crippen molar-refractivity contribution in [2.24, 2.45) is 7.05 Å². The third-order valence-electron chi connectivity index (χ3n) is 5.69. The molecule has 1 aromatic heterocycles. The molecule has 3 N–H and O–H groups in total. The molecule has 1 atom stereocenters. The van der Waals surface area contributed by atoms with Crippen LogP contribution in [0.4, 0.5) is 5.82 Å². The number of halogens is 1. The summed E-state index contributed by atoms with van der Waals surface area (Å²) < 4.78 is 18.9. The molecule has 0 radical (unpaired) electrons. The molecule has 0 saturated carbocycles. The third kappa shape index (κ3) is 5.44. The number of carbonyl (C=O) groups is 2. The normalized spacial score (nSPS) is 15.7. The highest BCUT2D eigenvalue weighted by Gasteiger charge is 2.39. The summed E-state index contributed by atoms with van der Waals surface area (Å²) in [5.41, 5.74) is 7.45. The Bertz CT molecular complexity index is 1240. The number of imidazole rings is 1. The minimum absolute atomic E-state index is 0.00202. The van der Waals surface area contributed by atoms with Gasteiger partial charge in [-0.15, -0.1) is 0 Å². The van der Waals surface area contributed by atoms with Crippen LogP contribution >= 0.6 is 11.6 Å². The standard InChI is InChI=1S/C24H29ClN4O6/c1-5-35-23(31)21-17(13-34-11-10-29-12-18(26)28(3)24(29)32)27-14(2)19(22(30)33-4)20(21)15-8-6-7-9-16(15)25/h6-9,12,20,27H,5,10-11,13,26H2,1-4H3. The van der Waals surface area contributed by atoms with E-state index in [4.69, 9.17) is 31.5 Å². The molecule has 1 aliphatic heterocycles. The van der Waals surface area contributed by atoms with E-state index in [2.05, 4.69) is 5.32 Å². The lowest BCUT2D eigenvalue weighted by molar-refractivity contribution is -0.139. The number of aromatic nitrogens is 2. The monoisotopic (exact) mass is 504 g/mol. The number of nitrogens with zero attached hydrogens (tertiary/aromatic N) is 2. The van der Waals surface area contributed by atoms with Gasteiger partial charge in [0, 0.05) is 24.0 Å². The van der Waals surface area contributed by atoms with Crippen LogP contribution in [0.3, 0.4) is 0 Å². The SMILES string of the molecule is CCOC(=O)C1=C(COCCn2cc(N)n(C)c2=O)NC(C)=C(C(=O)OC)C1c1ccccc1Cl. The van der Waals surface area contributed by atoms with Gasteiger partial charge in [0.15, 0.2) is 0 Å². The summed E-state index contributed by atoms with van der Waals surface area (Å²) >= 11 is 6.49. The van der Waals surface area contributed by atoms with Gasteiger partial charge in [-0.25, -0.2) is 14.4 Å². The van der Waals surface area contributed by atoms with Crippen molar-refractivity contribution in [3.8, 4) is 0 Å². The number of rotatable bonds is 9. The van der Waals surface area contributed by atoms with Gasteiger partial charge in [0.1, 0.15) is 5.82 Å². The van der Waals surface area contributed by atoms with Crippen LogP contribution in [0.25, 0.3) is 0 Å². The number of dihydropyridines is 1. The molecule has 1 aliphatic rings. The molecule has 0 bridgehead atoms. The molecule has 0 fully saturated rings. The number of hydrogen-bond donors (Lipinski definition) is 2. The molecule has 0 amide bonds. The van der Waals surface area contributed by atoms with Gasteiger partial charge >= 0.3 is 17.6 Å². The first kappa shape index (κ1) is 26.1. The Kier molecular flexibility index (Phi) is 8.42. The van der Waals surface area contributed by atoms with E-state index in [0.717, 1.165) is 0 Å². The molecule has 1 unspecified atom stereocenters. The number of ether oxygens (including phenoxy) is 3. The maximum atomic E-state index is 13.2. The highest BCUT2D eigenvalue weighted by atomic mass is 35.5. The highest BCUT2D eigenvalue weighted by Crippen LogP contribution is 2.41. The molecular weight excluding hydrogens is 476 g/mol. The number of nitrogen functional groups attached to an aromatic ring is 1. The van der Waals surface area contributed by atoms with Crippen LogP contribution in [0, 0.1) is 0 Å². The van der Waals surface area contributed by atoms with Crippen LogP contribution in [0.15, 0.2) is 57.8 Å². The summed E-state index contributed by atoms with van der Waals surface area (Å²) in [5, 5.41) is 3.50. The number of nitrogens with one attached hydrogen (secondary N) is 1. The average Bonchev–Trinajstić information content (AvgIpc) is 3.07. The first-order valence-corrected chi connectivity index (χ1v) is 11.4. The van der Waals surface area contributed by atoms with Crippen molar-refractivity contribution >= 4 is 29.4 Å². The molecule has 1 aromatic carbocycles. The van der Waals surface area contributed by atoms with Crippen molar-refractivity contribution in [1.29, 1.82) is 0 Å². The highest BCUT2D eigenvalue weighted by molar-refractivity contribution is 6.31. The molecule has 35 heavy (non-hydrogen) atoms. The Hall–Kier alpha value is -3.50. The number of benzene rings is 1. The molecule has 0 spiro atoms. The quantitative estimate of drug-likeness (QED) is 0.392. The summed E-state index contributed by atoms with van der Waals surface area (Å²) in [7, 11) is 2.86. The van der Waals surface area contributed by atoms with E-state index in [1.165, 1.54) is 22.4 Å². The summed E-state index contributed by atoms with van der Waals surface area (Å²) in [4.78, 5) is 38.1. The first-order valence-electron chi connectivity index (χ1n) is 11.0. The second-order valence-corrected chi connectivity index (χ2v) is 8.27. The lowest BCUT2D eigenvalue weighted by Gasteiger charge is -2.31. The minimum atomic E-state index is -0.827. The molecule has 11 heteroatoms. The summed E-state index contributed by atoms with van der Waals surface area (Å²) in [6.07, 6.45) is 1.54. The molecule has 2 heterocycles. The predicted molar refractivity (Wildman–Crippen MR) is 131 cm³/mol. The van der Waals surface area contributed by atoms with E-state index in [1.807, 2.05) is 0 Å². The Morgan fingerprint density at radius 3 is 2.51 bits per heavy atom. The number of hydrogen-bond acceptors (Lipinski definition) is 8. The van der Waals surface area contributed by atoms with Gasteiger partial charge in [0.2, 0.25) is 0 Å². The fourth-order valence-electron chi connectivity index (χ4n) is 3.96. The number of anilines is 1. The zero-order chi connectivity index (χ0) is 25.7. The van der Waals surface area contributed by atoms with Crippen molar-refractivity contribution in [1.82, 2.24) is 14.5 Å². The van der Waals surface area contributed by atoms with Crippen LogP contribution in [-0.4, -0.2) is 48.0 Å². The van der Waals surface area contributed by atoms with E-state index < -0.39 is 17.9 Å². The van der Waals surface area contributed by atoms with Crippen LogP contribution < -0.4 is 16.7 Å². The predicted octanol–water partition coefficient (Wildman–Crippen LogP) is 2.09. The van der Waals surface area contributed by atoms with Gasteiger partial charge in [-0.05, 0) is 25.5 Å². The maximum Gasteiger partial charge on any atom is 0.336 e. The second-order valence-electron chi connectivity index (χ2n) is 7.86. The Labute approximate surface area is 207 Å². The smallest absolute Gasteiger partial charge is 0.336 e. The largest absolute Gasteiger partial charge is 0.466 e. The topological polar surface area (TPSA) is 127 Å². The third-order valence-corrected chi connectivity index (χ3v) is 6.04. The van der Waals surface area contributed by atoms with Crippen LogP contribution in [0.5, 0.6) is 0 Å². The summed E-state index contributed by atoms with van der Waals surface area (Å²) in [6, 6.07) is 6.97. The van der Waals surface area contributed by atoms with Crippen molar-refractivity contribution in [3.05, 3.63) is 74.1 Å². The minimum Gasteiger partial charge on any atom is -0.466 e. The number of methoxy groups -OCH3 is 1. The Morgan fingerprint density at radius 2 is 1.91 bits per heavy atom. The van der Waals surface area contributed by atoms with Crippen molar-refractivity contribution < 1.29 is 23.8 Å². The number of esters is 2.